The second kappa shape index (κ2) is 6.70. The molecule has 0 aliphatic carbocycles. The highest BCUT2D eigenvalue weighted by Gasteiger charge is 2.27. The molecule has 1 atom stereocenters. The number of alkyl halides is 3. The standard InChI is InChI=1S/C9H17F3N2O2/c1-6(2)7(4-15)13-3-8(16)14-5-9(10,11)12/h6-7,13,15H,3-5H2,1-2H3,(H,14,16)/t7-/m1/s1. The summed E-state index contributed by atoms with van der Waals surface area (Å²) in [6, 6.07) is -0.295. The molecular weight excluding hydrogens is 225 g/mol. The van der Waals surface area contributed by atoms with E-state index in [1.165, 1.54) is 0 Å². The summed E-state index contributed by atoms with van der Waals surface area (Å²) in [5, 5.41) is 13.3. The quantitative estimate of drug-likeness (QED) is 0.626. The molecule has 7 heteroatoms. The molecule has 0 radical (unpaired) electrons. The Morgan fingerprint density at radius 3 is 2.31 bits per heavy atom. The number of hydrogen-bond acceptors (Lipinski definition) is 3. The summed E-state index contributed by atoms with van der Waals surface area (Å²) < 4.78 is 35.2. The maximum atomic E-state index is 11.7. The van der Waals surface area contributed by atoms with Gasteiger partial charge in [-0.15, -0.1) is 0 Å². The van der Waals surface area contributed by atoms with Gasteiger partial charge < -0.3 is 15.7 Å². The number of carbonyl (C=O) groups excluding carboxylic acids is 1. The molecule has 0 aliphatic rings. The fourth-order valence-electron chi connectivity index (χ4n) is 0.996. The van der Waals surface area contributed by atoms with Crippen LogP contribution in [0.4, 0.5) is 13.2 Å². The van der Waals surface area contributed by atoms with Crippen molar-refractivity contribution >= 4 is 5.91 Å². The van der Waals surface area contributed by atoms with Gasteiger partial charge in [0.1, 0.15) is 6.54 Å². The molecule has 4 nitrogen and oxygen atoms in total. The number of aliphatic hydroxyl groups is 1. The van der Waals surface area contributed by atoms with Crippen molar-refractivity contribution in [2.45, 2.75) is 26.1 Å². The highest BCUT2D eigenvalue weighted by molar-refractivity contribution is 5.78. The Kier molecular flexibility index (Phi) is 6.35. The van der Waals surface area contributed by atoms with Crippen molar-refractivity contribution < 1.29 is 23.1 Å². The maximum absolute atomic E-state index is 11.7. The molecule has 0 heterocycles. The second-order valence-electron chi connectivity index (χ2n) is 3.81. The zero-order chi connectivity index (χ0) is 12.8. The van der Waals surface area contributed by atoms with Crippen LogP contribution >= 0.6 is 0 Å². The van der Waals surface area contributed by atoms with Crippen LogP contribution in [0.2, 0.25) is 0 Å². The molecule has 0 aromatic carbocycles. The monoisotopic (exact) mass is 242 g/mol. The van der Waals surface area contributed by atoms with Gasteiger partial charge in [-0.1, -0.05) is 13.8 Å². The molecule has 0 bridgehead atoms. The first-order chi connectivity index (χ1) is 7.26. The smallest absolute Gasteiger partial charge is 0.395 e. The number of nitrogens with one attached hydrogen (secondary N) is 2. The van der Waals surface area contributed by atoms with E-state index in [-0.39, 0.29) is 25.1 Å². The van der Waals surface area contributed by atoms with Gasteiger partial charge in [0.2, 0.25) is 5.91 Å². The maximum Gasteiger partial charge on any atom is 0.405 e. The minimum atomic E-state index is -4.40. The van der Waals surface area contributed by atoms with Crippen molar-refractivity contribution in [2.24, 2.45) is 5.92 Å². The third-order valence-electron chi connectivity index (χ3n) is 2.01. The van der Waals surface area contributed by atoms with Crippen molar-refractivity contribution in [1.82, 2.24) is 10.6 Å². The van der Waals surface area contributed by atoms with Gasteiger partial charge in [-0.25, -0.2) is 0 Å². The molecule has 0 rings (SSSR count). The zero-order valence-electron chi connectivity index (χ0n) is 9.27. The second-order valence-corrected chi connectivity index (χ2v) is 3.81. The van der Waals surface area contributed by atoms with Crippen molar-refractivity contribution in [2.75, 3.05) is 19.7 Å². The predicted molar refractivity (Wildman–Crippen MR) is 52.8 cm³/mol. The molecule has 0 spiro atoms. The average Bonchev–Trinajstić information content (AvgIpc) is 2.14. The van der Waals surface area contributed by atoms with Crippen LogP contribution in [0, 0.1) is 5.92 Å². The summed E-state index contributed by atoms with van der Waals surface area (Å²) in [4.78, 5) is 11.0. The number of carbonyl (C=O) groups is 1. The molecule has 0 unspecified atom stereocenters. The molecule has 0 aromatic rings. The SMILES string of the molecule is CC(C)[C@@H](CO)NCC(=O)NCC(F)(F)F. The van der Waals surface area contributed by atoms with Crippen LogP contribution in [0.1, 0.15) is 13.8 Å². The van der Waals surface area contributed by atoms with Gasteiger partial charge in [-0.2, -0.15) is 13.2 Å². The van der Waals surface area contributed by atoms with Crippen molar-refractivity contribution in [1.29, 1.82) is 0 Å². The molecule has 0 fully saturated rings. The summed E-state index contributed by atoms with van der Waals surface area (Å²) >= 11 is 0. The molecule has 3 N–H and O–H groups in total. The van der Waals surface area contributed by atoms with E-state index in [9.17, 15) is 18.0 Å². The van der Waals surface area contributed by atoms with Crippen LogP contribution in [0.3, 0.4) is 0 Å². The Bertz CT molecular complexity index is 219. The van der Waals surface area contributed by atoms with Crippen molar-refractivity contribution in [3.63, 3.8) is 0 Å². The first kappa shape index (κ1) is 15.2. The minimum absolute atomic E-state index is 0.0976. The lowest BCUT2D eigenvalue weighted by molar-refractivity contribution is -0.138. The van der Waals surface area contributed by atoms with E-state index in [4.69, 9.17) is 5.11 Å². The van der Waals surface area contributed by atoms with Crippen LogP contribution in [0.25, 0.3) is 0 Å². The van der Waals surface area contributed by atoms with Gasteiger partial charge in [0.25, 0.3) is 0 Å². The number of halogens is 3. The fraction of sp³-hybridized carbons (Fsp3) is 0.889. The molecule has 96 valence electrons. The zero-order valence-corrected chi connectivity index (χ0v) is 9.27. The number of aliphatic hydroxyl groups excluding tert-OH is 1. The normalized spacial score (nSPS) is 13.9. The number of hydrogen-bond donors (Lipinski definition) is 3. The van der Waals surface area contributed by atoms with Gasteiger partial charge in [0.05, 0.1) is 13.2 Å². The first-order valence-electron chi connectivity index (χ1n) is 4.94. The van der Waals surface area contributed by atoms with Gasteiger partial charge in [0.15, 0.2) is 0 Å². The van der Waals surface area contributed by atoms with E-state index in [1.807, 2.05) is 13.8 Å². The lowest BCUT2D eigenvalue weighted by Crippen LogP contribution is -2.45. The van der Waals surface area contributed by atoms with E-state index in [0.717, 1.165) is 0 Å². The molecule has 1 amide bonds. The van der Waals surface area contributed by atoms with Gasteiger partial charge >= 0.3 is 6.18 Å². The fourth-order valence-corrected chi connectivity index (χ4v) is 0.996. The van der Waals surface area contributed by atoms with Crippen molar-refractivity contribution in [3.05, 3.63) is 0 Å². The lowest BCUT2D eigenvalue weighted by Gasteiger charge is -2.19. The van der Waals surface area contributed by atoms with Crippen LogP contribution in [0.5, 0.6) is 0 Å². The van der Waals surface area contributed by atoms with E-state index in [0.29, 0.717) is 0 Å². The summed E-state index contributed by atoms with van der Waals surface area (Å²) in [5.74, 6) is -0.642. The predicted octanol–water partition coefficient (Wildman–Crippen LogP) is 0.271. The number of amides is 1. The van der Waals surface area contributed by atoms with E-state index < -0.39 is 18.6 Å². The number of rotatable bonds is 6. The van der Waals surface area contributed by atoms with E-state index in [2.05, 4.69) is 5.32 Å². The van der Waals surface area contributed by atoms with Gasteiger partial charge in [-0.3, -0.25) is 4.79 Å². The van der Waals surface area contributed by atoms with Crippen LogP contribution < -0.4 is 10.6 Å². The van der Waals surface area contributed by atoms with E-state index in [1.54, 1.807) is 5.32 Å². The lowest BCUT2D eigenvalue weighted by atomic mass is 10.1. The molecular formula is C9H17F3N2O2. The van der Waals surface area contributed by atoms with Crippen LogP contribution in [0.15, 0.2) is 0 Å². The summed E-state index contributed by atoms with van der Waals surface area (Å²) in [6.45, 7) is 1.94. The Morgan fingerprint density at radius 1 is 1.38 bits per heavy atom. The topological polar surface area (TPSA) is 61.4 Å². The Balaban J connectivity index is 3.80. The van der Waals surface area contributed by atoms with Crippen LogP contribution in [-0.4, -0.2) is 42.9 Å². The van der Waals surface area contributed by atoms with Gasteiger partial charge in [0, 0.05) is 6.04 Å². The molecule has 0 saturated carbocycles. The molecule has 0 aromatic heterocycles. The highest BCUT2D eigenvalue weighted by atomic mass is 19.4. The first-order valence-corrected chi connectivity index (χ1v) is 4.94. The molecule has 16 heavy (non-hydrogen) atoms. The third-order valence-corrected chi connectivity index (χ3v) is 2.01. The largest absolute Gasteiger partial charge is 0.405 e. The Labute approximate surface area is 92.2 Å². The highest BCUT2D eigenvalue weighted by Crippen LogP contribution is 2.11. The van der Waals surface area contributed by atoms with Gasteiger partial charge in [-0.05, 0) is 5.92 Å². The summed E-state index contributed by atoms with van der Waals surface area (Å²) in [5.41, 5.74) is 0. The summed E-state index contributed by atoms with van der Waals surface area (Å²) in [7, 11) is 0. The minimum Gasteiger partial charge on any atom is -0.395 e. The molecule has 0 aliphatic heterocycles. The molecule has 0 saturated heterocycles. The third kappa shape index (κ3) is 7.47. The summed E-state index contributed by atoms with van der Waals surface area (Å²) in [6.07, 6.45) is -4.40. The van der Waals surface area contributed by atoms with Crippen molar-refractivity contribution in [3.8, 4) is 0 Å². The Hall–Kier alpha value is -0.820. The average molecular weight is 242 g/mol. The van der Waals surface area contributed by atoms with E-state index >= 15 is 0 Å². The van der Waals surface area contributed by atoms with Crippen LogP contribution in [-0.2, 0) is 4.79 Å². The Morgan fingerprint density at radius 2 is 1.94 bits per heavy atom.